The van der Waals surface area contributed by atoms with Crippen molar-refractivity contribution in [2.45, 2.75) is 26.2 Å². The number of para-hydroxylation sites is 1. The second kappa shape index (κ2) is 10.9. The number of ether oxygens (including phenoxy) is 1. The molecule has 0 aliphatic carbocycles. The summed E-state index contributed by atoms with van der Waals surface area (Å²) in [6.45, 7) is 2.62. The lowest BCUT2D eigenvalue weighted by Gasteiger charge is -2.10. The topological polar surface area (TPSA) is 67.4 Å². The number of hydrogen-bond donors (Lipinski definition) is 2. The number of amides is 2. The molecule has 0 aromatic heterocycles. The van der Waals surface area contributed by atoms with Crippen LogP contribution in [0, 0.1) is 6.92 Å². The van der Waals surface area contributed by atoms with Crippen LogP contribution in [0.15, 0.2) is 46.9 Å². The molecule has 2 N–H and O–H groups in total. The maximum atomic E-state index is 12.0. The summed E-state index contributed by atoms with van der Waals surface area (Å²) in [5, 5.41) is 6.14. The Morgan fingerprint density at radius 3 is 2.67 bits per heavy atom. The molecule has 2 aromatic rings. The maximum absolute atomic E-state index is 12.0. The summed E-state index contributed by atoms with van der Waals surface area (Å²) in [6, 6.07) is 12.9. The third-order valence-corrected chi connectivity index (χ3v) is 4.60. The molecule has 0 radical (unpaired) electrons. The normalized spacial score (nSPS) is 10.3. The molecule has 2 aromatic carbocycles. The molecule has 0 saturated heterocycles. The molecule has 0 fully saturated rings. The van der Waals surface area contributed by atoms with E-state index in [2.05, 4.69) is 26.6 Å². The van der Waals surface area contributed by atoms with Gasteiger partial charge in [0.2, 0.25) is 11.8 Å². The molecule has 0 bridgehead atoms. The van der Waals surface area contributed by atoms with Gasteiger partial charge in [-0.25, -0.2) is 0 Å². The van der Waals surface area contributed by atoms with Crippen LogP contribution in [-0.2, 0) is 9.59 Å². The van der Waals surface area contributed by atoms with E-state index in [9.17, 15) is 9.59 Å². The molecule has 0 heterocycles. The van der Waals surface area contributed by atoms with Gasteiger partial charge in [-0.1, -0.05) is 45.7 Å². The standard InChI is InChI=1S/C20H22BrClN2O3/c1-14-8-9-15(21)13-17(14)24-20(26)10-11-23-19(25)7-4-12-27-18-6-3-2-5-16(18)22/h2-3,5-6,8-9,13H,4,7,10-12H2,1H3,(H,23,25)(H,24,26). The average Bonchev–Trinajstić information content (AvgIpc) is 2.63. The van der Waals surface area contributed by atoms with Crippen molar-refractivity contribution in [1.82, 2.24) is 5.32 Å². The van der Waals surface area contributed by atoms with Crippen molar-refractivity contribution in [1.29, 1.82) is 0 Å². The van der Waals surface area contributed by atoms with E-state index in [0.29, 0.717) is 36.8 Å². The number of carbonyl (C=O) groups is 2. The van der Waals surface area contributed by atoms with Crippen LogP contribution >= 0.6 is 27.5 Å². The lowest BCUT2D eigenvalue weighted by Crippen LogP contribution is -2.27. The lowest BCUT2D eigenvalue weighted by atomic mass is 10.2. The van der Waals surface area contributed by atoms with E-state index in [1.54, 1.807) is 12.1 Å². The molecule has 0 aliphatic heterocycles. The minimum atomic E-state index is -0.140. The minimum absolute atomic E-state index is 0.107. The fraction of sp³-hybridized carbons (Fsp3) is 0.300. The van der Waals surface area contributed by atoms with E-state index in [-0.39, 0.29) is 18.2 Å². The van der Waals surface area contributed by atoms with Gasteiger partial charge in [-0.3, -0.25) is 9.59 Å². The van der Waals surface area contributed by atoms with Gasteiger partial charge in [-0.2, -0.15) is 0 Å². The molecular weight excluding hydrogens is 432 g/mol. The Labute approximate surface area is 172 Å². The number of carbonyl (C=O) groups excluding carboxylic acids is 2. The first-order chi connectivity index (χ1) is 13.0. The molecule has 0 spiro atoms. The van der Waals surface area contributed by atoms with E-state index in [0.717, 1.165) is 15.7 Å². The average molecular weight is 454 g/mol. The van der Waals surface area contributed by atoms with Gasteiger partial charge in [0.15, 0.2) is 0 Å². The number of hydrogen-bond acceptors (Lipinski definition) is 3. The zero-order valence-electron chi connectivity index (χ0n) is 15.1. The summed E-state index contributed by atoms with van der Waals surface area (Å²) in [5.41, 5.74) is 1.74. The summed E-state index contributed by atoms with van der Waals surface area (Å²) in [6.07, 6.45) is 1.12. The van der Waals surface area contributed by atoms with E-state index in [1.165, 1.54) is 0 Å². The number of nitrogens with one attached hydrogen (secondary N) is 2. The molecule has 2 amide bonds. The maximum Gasteiger partial charge on any atom is 0.226 e. The molecule has 7 heteroatoms. The third kappa shape index (κ3) is 7.61. The summed E-state index contributed by atoms with van der Waals surface area (Å²) in [4.78, 5) is 23.8. The van der Waals surface area contributed by atoms with E-state index in [4.69, 9.17) is 16.3 Å². The van der Waals surface area contributed by atoms with Gasteiger partial charge < -0.3 is 15.4 Å². The zero-order valence-corrected chi connectivity index (χ0v) is 17.4. The fourth-order valence-electron chi connectivity index (χ4n) is 2.32. The molecule has 0 saturated carbocycles. The van der Waals surface area contributed by atoms with Crippen LogP contribution in [0.5, 0.6) is 5.75 Å². The predicted molar refractivity (Wildman–Crippen MR) is 111 cm³/mol. The van der Waals surface area contributed by atoms with Crippen molar-refractivity contribution in [3.05, 3.63) is 57.5 Å². The Morgan fingerprint density at radius 1 is 1.11 bits per heavy atom. The van der Waals surface area contributed by atoms with Crippen LogP contribution in [0.3, 0.4) is 0 Å². The van der Waals surface area contributed by atoms with E-state index < -0.39 is 0 Å². The Hall–Kier alpha value is -2.05. The van der Waals surface area contributed by atoms with Crippen molar-refractivity contribution >= 4 is 45.0 Å². The van der Waals surface area contributed by atoms with Crippen LogP contribution in [0.25, 0.3) is 0 Å². The molecular formula is C20H22BrClN2O3. The quantitative estimate of drug-likeness (QED) is 0.540. The van der Waals surface area contributed by atoms with Gasteiger partial charge >= 0.3 is 0 Å². The van der Waals surface area contributed by atoms with Gasteiger partial charge in [-0.15, -0.1) is 0 Å². The molecule has 0 aliphatic rings. The van der Waals surface area contributed by atoms with Gasteiger partial charge in [0, 0.05) is 29.5 Å². The van der Waals surface area contributed by atoms with Crippen LogP contribution in [-0.4, -0.2) is 25.0 Å². The van der Waals surface area contributed by atoms with Gasteiger partial charge in [0.05, 0.1) is 11.6 Å². The zero-order chi connectivity index (χ0) is 19.6. The minimum Gasteiger partial charge on any atom is -0.492 e. The number of rotatable bonds is 9. The summed E-state index contributed by atoms with van der Waals surface area (Å²) >= 11 is 9.38. The van der Waals surface area contributed by atoms with Gasteiger partial charge in [-0.05, 0) is 43.2 Å². The predicted octanol–water partition coefficient (Wildman–Crippen LogP) is 4.71. The Kier molecular flexibility index (Phi) is 8.61. The lowest BCUT2D eigenvalue weighted by molar-refractivity contribution is -0.121. The monoisotopic (exact) mass is 452 g/mol. The first-order valence-corrected chi connectivity index (χ1v) is 9.83. The van der Waals surface area contributed by atoms with E-state index in [1.807, 2.05) is 37.3 Å². The highest BCUT2D eigenvalue weighted by Crippen LogP contribution is 2.23. The van der Waals surface area contributed by atoms with Crippen molar-refractivity contribution < 1.29 is 14.3 Å². The molecule has 2 rings (SSSR count). The van der Waals surface area contributed by atoms with Crippen LogP contribution in [0.4, 0.5) is 5.69 Å². The third-order valence-electron chi connectivity index (χ3n) is 3.79. The molecule has 144 valence electrons. The molecule has 5 nitrogen and oxygen atoms in total. The van der Waals surface area contributed by atoms with E-state index >= 15 is 0 Å². The highest BCUT2D eigenvalue weighted by molar-refractivity contribution is 9.10. The SMILES string of the molecule is Cc1ccc(Br)cc1NC(=O)CCNC(=O)CCCOc1ccccc1Cl. The van der Waals surface area contributed by atoms with Crippen LogP contribution in [0.1, 0.15) is 24.8 Å². The smallest absolute Gasteiger partial charge is 0.226 e. The van der Waals surface area contributed by atoms with Crippen LogP contribution < -0.4 is 15.4 Å². The largest absolute Gasteiger partial charge is 0.492 e. The second-order valence-electron chi connectivity index (χ2n) is 5.99. The number of halogens is 2. The summed E-state index contributed by atoms with van der Waals surface area (Å²) in [5.74, 6) is 0.363. The molecule has 27 heavy (non-hydrogen) atoms. The Bertz CT molecular complexity index is 799. The first kappa shape index (κ1) is 21.3. The second-order valence-corrected chi connectivity index (χ2v) is 7.31. The van der Waals surface area contributed by atoms with Crippen molar-refractivity contribution in [3.63, 3.8) is 0 Å². The molecule has 0 unspecified atom stereocenters. The number of aryl methyl sites for hydroxylation is 1. The highest BCUT2D eigenvalue weighted by Gasteiger charge is 2.07. The summed E-state index contributed by atoms with van der Waals surface area (Å²) < 4.78 is 6.44. The van der Waals surface area contributed by atoms with Crippen molar-refractivity contribution in [2.75, 3.05) is 18.5 Å². The number of benzene rings is 2. The van der Waals surface area contributed by atoms with Gasteiger partial charge in [0.1, 0.15) is 5.75 Å². The highest BCUT2D eigenvalue weighted by atomic mass is 79.9. The van der Waals surface area contributed by atoms with Gasteiger partial charge in [0.25, 0.3) is 0 Å². The Balaban J connectivity index is 1.61. The van der Waals surface area contributed by atoms with Crippen molar-refractivity contribution in [3.8, 4) is 5.75 Å². The first-order valence-electron chi connectivity index (χ1n) is 8.66. The molecule has 0 atom stereocenters. The Morgan fingerprint density at radius 2 is 1.89 bits per heavy atom. The fourth-order valence-corrected chi connectivity index (χ4v) is 2.87. The van der Waals surface area contributed by atoms with Crippen molar-refractivity contribution in [2.24, 2.45) is 0 Å². The van der Waals surface area contributed by atoms with Crippen LogP contribution in [0.2, 0.25) is 5.02 Å². The summed E-state index contributed by atoms with van der Waals surface area (Å²) in [7, 11) is 0. The number of anilines is 1.